The molecular formula is C13H13ClN2O2S. The van der Waals surface area contributed by atoms with Gasteiger partial charge in [0.1, 0.15) is 0 Å². The summed E-state index contributed by atoms with van der Waals surface area (Å²) in [6.07, 6.45) is 3.23. The van der Waals surface area contributed by atoms with Crippen molar-refractivity contribution in [2.75, 3.05) is 0 Å². The van der Waals surface area contributed by atoms with E-state index in [1.807, 2.05) is 6.92 Å². The molecule has 0 aliphatic carbocycles. The van der Waals surface area contributed by atoms with E-state index in [1.54, 1.807) is 30.6 Å². The Morgan fingerprint density at radius 2 is 1.89 bits per heavy atom. The van der Waals surface area contributed by atoms with Crippen molar-refractivity contribution in [3.8, 4) is 0 Å². The molecule has 0 unspecified atom stereocenters. The smallest absolute Gasteiger partial charge is 0.240 e. The van der Waals surface area contributed by atoms with Crippen molar-refractivity contribution in [1.82, 2.24) is 9.71 Å². The fraction of sp³-hybridized carbons (Fsp3) is 0.154. The number of halogens is 1. The van der Waals surface area contributed by atoms with E-state index >= 15 is 0 Å². The number of benzene rings is 1. The topological polar surface area (TPSA) is 59.1 Å². The molecule has 1 aromatic heterocycles. The van der Waals surface area contributed by atoms with Gasteiger partial charge < -0.3 is 0 Å². The molecule has 6 heteroatoms. The molecule has 0 saturated carbocycles. The number of hydrogen-bond donors (Lipinski definition) is 1. The summed E-state index contributed by atoms with van der Waals surface area (Å²) in [5.41, 5.74) is 1.69. The maximum Gasteiger partial charge on any atom is 0.240 e. The van der Waals surface area contributed by atoms with Gasteiger partial charge in [0.15, 0.2) is 0 Å². The Labute approximate surface area is 117 Å². The second-order valence-electron chi connectivity index (χ2n) is 4.09. The van der Waals surface area contributed by atoms with E-state index in [2.05, 4.69) is 9.71 Å². The fourth-order valence-electron chi connectivity index (χ4n) is 1.50. The Bertz CT molecular complexity index is 672. The molecule has 0 fully saturated rings. The average molecular weight is 297 g/mol. The summed E-state index contributed by atoms with van der Waals surface area (Å²) < 4.78 is 26.7. The van der Waals surface area contributed by atoms with Crippen LogP contribution in [-0.2, 0) is 16.6 Å². The van der Waals surface area contributed by atoms with Crippen LogP contribution >= 0.6 is 11.6 Å². The maximum absolute atomic E-state index is 12.1. The van der Waals surface area contributed by atoms with Gasteiger partial charge >= 0.3 is 0 Å². The largest absolute Gasteiger partial charge is 0.265 e. The third-order valence-electron chi connectivity index (χ3n) is 2.67. The highest BCUT2D eigenvalue weighted by atomic mass is 35.5. The van der Waals surface area contributed by atoms with E-state index in [1.165, 1.54) is 12.1 Å². The lowest BCUT2D eigenvalue weighted by Crippen LogP contribution is -2.23. The van der Waals surface area contributed by atoms with Gasteiger partial charge in [0.05, 0.1) is 4.90 Å². The normalized spacial score (nSPS) is 11.5. The van der Waals surface area contributed by atoms with Crippen molar-refractivity contribution in [1.29, 1.82) is 0 Å². The number of nitrogens with one attached hydrogen (secondary N) is 1. The van der Waals surface area contributed by atoms with E-state index in [9.17, 15) is 8.42 Å². The van der Waals surface area contributed by atoms with Gasteiger partial charge in [-0.05, 0) is 42.3 Å². The quantitative estimate of drug-likeness (QED) is 0.943. The van der Waals surface area contributed by atoms with Crippen LogP contribution in [0.4, 0.5) is 0 Å². The molecule has 19 heavy (non-hydrogen) atoms. The summed E-state index contributed by atoms with van der Waals surface area (Å²) in [5, 5.41) is 0.437. The first-order valence-electron chi connectivity index (χ1n) is 5.64. The van der Waals surface area contributed by atoms with E-state index in [-0.39, 0.29) is 11.4 Å². The number of hydrogen-bond acceptors (Lipinski definition) is 3. The number of pyridine rings is 1. The Morgan fingerprint density at radius 3 is 2.53 bits per heavy atom. The minimum absolute atomic E-state index is 0.164. The van der Waals surface area contributed by atoms with Crippen molar-refractivity contribution in [3.63, 3.8) is 0 Å². The van der Waals surface area contributed by atoms with Gasteiger partial charge in [-0.3, -0.25) is 4.98 Å². The monoisotopic (exact) mass is 296 g/mol. The molecule has 0 radical (unpaired) electrons. The van der Waals surface area contributed by atoms with Gasteiger partial charge in [0.2, 0.25) is 10.0 Å². The first-order chi connectivity index (χ1) is 8.99. The molecule has 2 rings (SSSR count). The Morgan fingerprint density at radius 1 is 1.21 bits per heavy atom. The van der Waals surface area contributed by atoms with Gasteiger partial charge in [-0.25, -0.2) is 13.1 Å². The summed E-state index contributed by atoms with van der Waals surface area (Å²) in [4.78, 5) is 4.04. The highest BCUT2D eigenvalue weighted by Crippen LogP contribution is 2.19. The lowest BCUT2D eigenvalue weighted by Gasteiger charge is -2.08. The van der Waals surface area contributed by atoms with Gasteiger partial charge in [-0.2, -0.15) is 0 Å². The summed E-state index contributed by atoms with van der Waals surface area (Å²) in [5.74, 6) is 0. The molecule has 0 aliphatic heterocycles. The molecule has 0 amide bonds. The van der Waals surface area contributed by atoms with E-state index < -0.39 is 10.0 Å². The molecular weight excluding hydrogens is 284 g/mol. The van der Waals surface area contributed by atoms with E-state index in [4.69, 9.17) is 11.6 Å². The van der Waals surface area contributed by atoms with Crippen LogP contribution in [0.2, 0.25) is 5.02 Å². The van der Waals surface area contributed by atoms with Crippen LogP contribution in [-0.4, -0.2) is 13.4 Å². The molecule has 0 aliphatic rings. The summed E-state index contributed by atoms with van der Waals surface area (Å²) in [6.45, 7) is 2.04. The number of aromatic nitrogens is 1. The zero-order chi connectivity index (χ0) is 13.9. The second-order valence-corrected chi connectivity index (χ2v) is 6.27. The van der Waals surface area contributed by atoms with E-state index in [0.717, 1.165) is 11.1 Å². The molecule has 1 heterocycles. The first kappa shape index (κ1) is 14.0. The van der Waals surface area contributed by atoms with Crippen LogP contribution < -0.4 is 4.72 Å². The van der Waals surface area contributed by atoms with Crippen molar-refractivity contribution >= 4 is 21.6 Å². The Balaban J connectivity index is 2.16. The highest BCUT2D eigenvalue weighted by Gasteiger charge is 2.14. The minimum Gasteiger partial charge on any atom is -0.265 e. The van der Waals surface area contributed by atoms with Gasteiger partial charge in [-0.1, -0.05) is 17.7 Å². The zero-order valence-corrected chi connectivity index (χ0v) is 11.9. The lowest BCUT2D eigenvalue weighted by molar-refractivity contribution is 0.581. The third-order valence-corrected chi connectivity index (χ3v) is 4.48. The van der Waals surface area contributed by atoms with Crippen molar-refractivity contribution in [2.45, 2.75) is 18.4 Å². The SMILES string of the molecule is Cc1ccc(S(=O)(=O)NCc2ccncc2)cc1Cl. The highest BCUT2D eigenvalue weighted by molar-refractivity contribution is 7.89. The number of rotatable bonds is 4. The molecule has 1 aromatic carbocycles. The molecule has 0 bridgehead atoms. The number of aryl methyl sites for hydroxylation is 1. The molecule has 0 saturated heterocycles. The summed E-state index contributed by atoms with van der Waals surface area (Å²) >= 11 is 5.94. The molecule has 0 spiro atoms. The van der Waals surface area contributed by atoms with Crippen LogP contribution in [0.3, 0.4) is 0 Å². The lowest BCUT2D eigenvalue weighted by atomic mass is 10.2. The second kappa shape index (κ2) is 5.69. The van der Waals surface area contributed by atoms with Gasteiger partial charge in [0.25, 0.3) is 0 Å². The zero-order valence-electron chi connectivity index (χ0n) is 10.3. The minimum atomic E-state index is -3.55. The fourth-order valence-corrected chi connectivity index (χ4v) is 2.79. The van der Waals surface area contributed by atoms with Crippen LogP contribution in [0.25, 0.3) is 0 Å². The van der Waals surface area contributed by atoms with Gasteiger partial charge in [-0.15, -0.1) is 0 Å². The van der Waals surface area contributed by atoms with Crippen molar-refractivity contribution in [2.24, 2.45) is 0 Å². The standard InChI is InChI=1S/C13H13ClN2O2S/c1-10-2-3-12(8-13(10)14)19(17,18)16-9-11-4-6-15-7-5-11/h2-8,16H,9H2,1H3. The van der Waals surface area contributed by atoms with Crippen LogP contribution in [0.1, 0.15) is 11.1 Å². The summed E-state index contributed by atoms with van der Waals surface area (Å²) in [7, 11) is -3.55. The average Bonchev–Trinajstić information content (AvgIpc) is 2.41. The van der Waals surface area contributed by atoms with Crippen molar-refractivity contribution in [3.05, 3.63) is 58.9 Å². The predicted molar refractivity (Wildman–Crippen MR) is 74.5 cm³/mol. The predicted octanol–water partition coefficient (Wildman–Crippen LogP) is 2.52. The molecule has 100 valence electrons. The molecule has 4 nitrogen and oxygen atoms in total. The molecule has 0 atom stereocenters. The summed E-state index contributed by atoms with van der Waals surface area (Å²) in [6, 6.07) is 8.18. The van der Waals surface area contributed by atoms with Crippen LogP contribution in [0, 0.1) is 6.92 Å². The Hall–Kier alpha value is -1.43. The van der Waals surface area contributed by atoms with Crippen LogP contribution in [0.15, 0.2) is 47.6 Å². The number of sulfonamides is 1. The number of nitrogens with zero attached hydrogens (tertiary/aromatic N) is 1. The van der Waals surface area contributed by atoms with Crippen LogP contribution in [0.5, 0.6) is 0 Å². The molecule has 2 aromatic rings. The van der Waals surface area contributed by atoms with E-state index in [0.29, 0.717) is 5.02 Å². The Kier molecular flexibility index (Phi) is 4.19. The van der Waals surface area contributed by atoms with Gasteiger partial charge in [0, 0.05) is 24.0 Å². The van der Waals surface area contributed by atoms with Crippen molar-refractivity contribution < 1.29 is 8.42 Å². The maximum atomic E-state index is 12.1. The first-order valence-corrected chi connectivity index (χ1v) is 7.50. The third kappa shape index (κ3) is 3.53. The molecule has 1 N–H and O–H groups in total.